The maximum absolute atomic E-state index is 13.2. The van der Waals surface area contributed by atoms with E-state index in [1.165, 1.54) is 19.2 Å². The van der Waals surface area contributed by atoms with Crippen molar-refractivity contribution in [3.8, 4) is 5.75 Å². The molecule has 0 saturated carbocycles. The molecule has 0 aliphatic rings. The van der Waals surface area contributed by atoms with Crippen LogP contribution in [0.25, 0.3) is 0 Å². The first-order valence-corrected chi connectivity index (χ1v) is 6.41. The quantitative estimate of drug-likeness (QED) is 0.848. The molecular weight excluding hydrogens is 273 g/mol. The van der Waals surface area contributed by atoms with Gasteiger partial charge in [0.2, 0.25) is 0 Å². The fourth-order valence-corrected chi connectivity index (χ4v) is 2.00. The number of carbonyl (C=O) groups is 1. The highest BCUT2D eigenvalue weighted by molar-refractivity contribution is 5.95. The Labute approximate surface area is 122 Å². The minimum Gasteiger partial charge on any atom is -0.508 e. The molecular formula is C16H16FNO3. The largest absolute Gasteiger partial charge is 0.508 e. The van der Waals surface area contributed by atoms with E-state index < -0.39 is 11.8 Å². The molecule has 0 bridgehead atoms. The van der Waals surface area contributed by atoms with Gasteiger partial charge in [-0.1, -0.05) is 17.7 Å². The van der Waals surface area contributed by atoms with Crippen LogP contribution in [0.5, 0.6) is 5.75 Å². The number of phenolic OH excluding ortho intramolecular Hbond substituents is 1. The summed E-state index contributed by atoms with van der Waals surface area (Å²) in [4.78, 5) is 11.6. The van der Waals surface area contributed by atoms with Crippen LogP contribution in [0.1, 0.15) is 21.5 Å². The van der Waals surface area contributed by atoms with E-state index in [0.717, 1.165) is 11.6 Å². The summed E-state index contributed by atoms with van der Waals surface area (Å²) in [5.74, 6) is -0.973. The topological polar surface area (TPSA) is 58.6 Å². The summed E-state index contributed by atoms with van der Waals surface area (Å²) >= 11 is 0. The van der Waals surface area contributed by atoms with Gasteiger partial charge in [0.15, 0.2) is 0 Å². The van der Waals surface area contributed by atoms with Gasteiger partial charge in [-0.15, -0.1) is 0 Å². The number of rotatable bonds is 4. The Morgan fingerprint density at radius 1 is 1.29 bits per heavy atom. The first-order chi connectivity index (χ1) is 10.0. The van der Waals surface area contributed by atoms with Gasteiger partial charge >= 0.3 is 5.97 Å². The molecule has 0 heterocycles. The molecule has 0 spiro atoms. The molecule has 0 amide bonds. The van der Waals surface area contributed by atoms with Crippen molar-refractivity contribution in [2.45, 2.75) is 13.5 Å². The Morgan fingerprint density at radius 3 is 2.76 bits per heavy atom. The second-order valence-electron chi connectivity index (χ2n) is 4.67. The lowest BCUT2D eigenvalue weighted by molar-refractivity contribution is 0.0601. The van der Waals surface area contributed by atoms with Gasteiger partial charge in [0.05, 0.1) is 12.7 Å². The molecule has 5 heteroatoms. The van der Waals surface area contributed by atoms with E-state index in [-0.39, 0.29) is 11.3 Å². The molecule has 4 nitrogen and oxygen atoms in total. The van der Waals surface area contributed by atoms with Crippen molar-refractivity contribution in [1.29, 1.82) is 0 Å². The molecule has 0 unspecified atom stereocenters. The summed E-state index contributed by atoms with van der Waals surface area (Å²) in [5, 5.41) is 12.8. The fourth-order valence-electron chi connectivity index (χ4n) is 2.00. The zero-order valence-electron chi connectivity index (χ0n) is 11.8. The van der Waals surface area contributed by atoms with Crippen LogP contribution >= 0.6 is 0 Å². The first kappa shape index (κ1) is 14.8. The number of ether oxygens (including phenoxy) is 1. The van der Waals surface area contributed by atoms with Crippen LogP contribution in [0, 0.1) is 12.7 Å². The maximum Gasteiger partial charge on any atom is 0.340 e. The highest BCUT2D eigenvalue weighted by Crippen LogP contribution is 2.22. The normalized spacial score (nSPS) is 10.2. The molecule has 0 saturated heterocycles. The monoisotopic (exact) mass is 289 g/mol. The summed E-state index contributed by atoms with van der Waals surface area (Å²) in [5.41, 5.74) is 2.26. The van der Waals surface area contributed by atoms with Gasteiger partial charge in [-0.25, -0.2) is 9.18 Å². The molecule has 2 aromatic carbocycles. The molecule has 0 aliphatic heterocycles. The van der Waals surface area contributed by atoms with E-state index in [4.69, 9.17) is 0 Å². The van der Waals surface area contributed by atoms with Crippen LogP contribution in [0.3, 0.4) is 0 Å². The van der Waals surface area contributed by atoms with Gasteiger partial charge in [0, 0.05) is 17.8 Å². The standard InChI is InChI=1S/C16H16FNO3/c1-10-3-6-15(19)11(7-10)9-18-14-5-4-12(17)8-13(14)16(20)21-2/h3-8,18-19H,9H2,1-2H3. The molecule has 0 aromatic heterocycles. The van der Waals surface area contributed by atoms with E-state index in [1.807, 2.05) is 13.0 Å². The third-order valence-electron chi connectivity index (χ3n) is 3.09. The molecule has 2 rings (SSSR count). The van der Waals surface area contributed by atoms with E-state index >= 15 is 0 Å². The number of phenols is 1. The highest BCUT2D eigenvalue weighted by atomic mass is 19.1. The summed E-state index contributed by atoms with van der Waals surface area (Å²) in [7, 11) is 1.24. The number of halogens is 1. The first-order valence-electron chi connectivity index (χ1n) is 6.41. The average molecular weight is 289 g/mol. The molecule has 0 atom stereocenters. The number of hydrogen-bond donors (Lipinski definition) is 2. The molecule has 2 aromatic rings. The van der Waals surface area contributed by atoms with E-state index in [2.05, 4.69) is 10.1 Å². The Kier molecular flexibility index (Phi) is 4.42. The second kappa shape index (κ2) is 6.26. The molecule has 0 aliphatic carbocycles. The lowest BCUT2D eigenvalue weighted by Crippen LogP contribution is -2.09. The van der Waals surface area contributed by atoms with E-state index in [1.54, 1.807) is 12.1 Å². The van der Waals surface area contributed by atoms with Gasteiger partial charge in [0.1, 0.15) is 11.6 Å². The number of benzene rings is 2. The Bertz CT molecular complexity index is 671. The predicted molar refractivity (Wildman–Crippen MR) is 77.9 cm³/mol. The van der Waals surface area contributed by atoms with Crippen LogP contribution in [-0.4, -0.2) is 18.2 Å². The number of hydrogen-bond acceptors (Lipinski definition) is 4. The van der Waals surface area contributed by atoms with Crippen molar-refractivity contribution < 1.29 is 19.0 Å². The molecule has 0 radical (unpaired) electrons. The number of aromatic hydroxyl groups is 1. The number of aryl methyl sites for hydroxylation is 1. The van der Waals surface area contributed by atoms with E-state index in [0.29, 0.717) is 17.8 Å². The number of esters is 1. The summed E-state index contributed by atoms with van der Waals surface area (Å²) in [6.07, 6.45) is 0. The van der Waals surface area contributed by atoms with Crippen LogP contribution in [-0.2, 0) is 11.3 Å². The zero-order chi connectivity index (χ0) is 15.4. The van der Waals surface area contributed by atoms with Crippen LogP contribution in [0.2, 0.25) is 0 Å². The Morgan fingerprint density at radius 2 is 2.05 bits per heavy atom. The zero-order valence-corrected chi connectivity index (χ0v) is 11.8. The van der Waals surface area contributed by atoms with Gasteiger partial charge in [-0.3, -0.25) is 0 Å². The van der Waals surface area contributed by atoms with Crippen LogP contribution in [0.4, 0.5) is 10.1 Å². The van der Waals surface area contributed by atoms with Gasteiger partial charge in [0.25, 0.3) is 0 Å². The lowest BCUT2D eigenvalue weighted by atomic mass is 10.1. The van der Waals surface area contributed by atoms with Crippen molar-refractivity contribution in [3.05, 3.63) is 58.9 Å². The number of methoxy groups -OCH3 is 1. The third-order valence-corrected chi connectivity index (χ3v) is 3.09. The Hall–Kier alpha value is -2.56. The van der Waals surface area contributed by atoms with Crippen LogP contribution in [0.15, 0.2) is 36.4 Å². The van der Waals surface area contributed by atoms with Crippen molar-refractivity contribution in [1.82, 2.24) is 0 Å². The molecule has 2 N–H and O–H groups in total. The van der Waals surface area contributed by atoms with Crippen molar-refractivity contribution in [2.24, 2.45) is 0 Å². The number of nitrogens with one attached hydrogen (secondary N) is 1. The van der Waals surface area contributed by atoms with Gasteiger partial charge in [-0.05, 0) is 31.2 Å². The lowest BCUT2D eigenvalue weighted by Gasteiger charge is -2.12. The van der Waals surface area contributed by atoms with Crippen molar-refractivity contribution in [3.63, 3.8) is 0 Å². The Balaban J connectivity index is 2.24. The van der Waals surface area contributed by atoms with Gasteiger partial charge < -0.3 is 15.2 Å². The SMILES string of the molecule is COC(=O)c1cc(F)ccc1NCc1cc(C)ccc1O. The molecule has 0 fully saturated rings. The summed E-state index contributed by atoms with van der Waals surface area (Å²) < 4.78 is 17.9. The average Bonchev–Trinajstić information content (AvgIpc) is 2.48. The number of anilines is 1. The van der Waals surface area contributed by atoms with Crippen molar-refractivity contribution >= 4 is 11.7 Å². The highest BCUT2D eigenvalue weighted by Gasteiger charge is 2.13. The maximum atomic E-state index is 13.2. The minimum absolute atomic E-state index is 0.115. The fraction of sp³-hybridized carbons (Fsp3) is 0.188. The molecule has 21 heavy (non-hydrogen) atoms. The summed E-state index contributed by atoms with van der Waals surface area (Å²) in [6, 6.07) is 9.09. The molecule has 110 valence electrons. The summed E-state index contributed by atoms with van der Waals surface area (Å²) in [6.45, 7) is 2.23. The van der Waals surface area contributed by atoms with E-state index in [9.17, 15) is 14.3 Å². The van der Waals surface area contributed by atoms with Crippen molar-refractivity contribution in [2.75, 3.05) is 12.4 Å². The number of carbonyl (C=O) groups excluding carboxylic acids is 1. The second-order valence-corrected chi connectivity index (χ2v) is 4.67. The third kappa shape index (κ3) is 3.51. The van der Waals surface area contributed by atoms with Gasteiger partial charge in [-0.2, -0.15) is 0 Å². The minimum atomic E-state index is -0.620. The predicted octanol–water partition coefficient (Wildman–Crippen LogP) is 3.24. The van der Waals surface area contributed by atoms with Crippen LogP contribution < -0.4 is 5.32 Å². The smallest absolute Gasteiger partial charge is 0.340 e.